The molecular weight excluding hydrogens is 473 g/mol. The molecule has 1 aromatic heterocycles. The summed E-state index contributed by atoms with van der Waals surface area (Å²) in [5, 5.41) is 18.6. The average Bonchev–Trinajstić information content (AvgIpc) is 3.13. The van der Waals surface area contributed by atoms with E-state index in [-0.39, 0.29) is 29.7 Å². The van der Waals surface area contributed by atoms with E-state index in [0.29, 0.717) is 24.8 Å². The van der Waals surface area contributed by atoms with Gasteiger partial charge in [0.2, 0.25) is 0 Å². The van der Waals surface area contributed by atoms with E-state index in [4.69, 9.17) is 4.74 Å². The minimum absolute atomic E-state index is 0. The van der Waals surface area contributed by atoms with Crippen molar-refractivity contribution in [1.29, 1.82) is 0 Å². The van der Waals surface area contributed by atoms with Crippen molar-refractivity contribution in [3.05, 3.63) is 46.2 Å². The summed E-state index contributed by atoms with van der Waals surface area (Å²) in [4.78, 5) is 6.05. The summed E-state index contributed by atoms with van der Waals surface area (Å²) < 4.78 is 5.43. The summed E-state index contributed by atoms with van der Waals surface area (Å²) in [6.45, 7) is 8.91. The summed E-state index contributed by atoms with van der Waals surface area (Å²) >= 11 is 1.80. The maximum absolute atomic E-state index is 9.79. The van der Waals surface area contributed by atoms with Gasteiger partial charge < -0.3 is 20.5 Å². The maximum atomic E-state index is 9.79. The van der Waals surface area contributed by atoms with Gasteiger partial charge in [0, 0.05) is 18.0 Å². The van der Waals surface area contributed by atoms with Gasteiger partial charge in [-0.3, -0.25) is 0 Å². The second-order valence-corrected chi connectivity index (χ2v) is 7.23. The Morgan fingerprint density at radius 2 is 2.07 bits per heavy atom. The van der Waals surface area contributed by atoms with Gasteiger partial charge in [-0.25, -0.2) is 4.99 Å². The van der Waals surface area contributed by atoms with Crippen molar-refractivity contribution in [2.24, 2.45) is 10.9 Å². The first kappa shape index (κ1) is 23.6. The number of thiophene rings is 1. The van der Waals surface area contributed by atoms with Crippen LogP contribution in [0.5, 0.6) is 11.5 Å². The number of aliphatic imine (C=N–C) groups is 1. The third kappa shape index (κ3) is 8.38. The highest BCUT2D eigenvalue weighted by Gasteiger charge is 2.07. The minimum atomic E-state index is 0. The van der Waals surface area contributed by atoms with Crippen LogP contribution in [0.4, 0.5) is 0 Å². The highest BCUT2D eigenvalue weighted by molar-refractivity contribution is 14.0. The van der Waals surface area contributed by atoms with Gasteiger partial charge in [0.1, 0.15) is 0 Å². The number of aromatic hydroxyl groups is 1. The number of nitrogens with zero attached hydrogens (tertiary/aromatic N) is 1. The van der Waals surface area contributed by atoms with E-state index in [1.807, 2.05) is 19.1 Å². The highest BCUT2D eigenvalue weighted by Crippen LogP contribution is 2.27. The normalized spacial score (nSPS) is 12.2. The number of hydrogen-bond acceptors (Lipinski definition) is 4. The molecule has 0 fully saturated rings. The summed E-state index contributed by atoms with van der Waals surface area (Å²) in [5.41, 5.74) is 0.995. The van der Waals surface area contributed by atoms with Gasteiger partial charge >= 0.3 is 0 Å². The van der Waals surface area contributed by atoms with Crippen LogP contribution in [0.2, 0.25) is 0 Å². The van der Waals surface area contributed by atoms with Crippen LogP contribution in [-0.2, 0) is 13.0 Å². The molecule has 0 aliphatic carbocycles. The Kier molecular flexibility index (Phi) is 11.2. The summed E-state index contributed by atoms with van der Waals surface area (Å²) in [6.07, 6.45) is 1.07. The van der Waals surface area contributed by atoms with E-state index < -0.39 is 0 Å². The molecule has 0 aliphatic rings. The molecule has 1 unspecified atom stereocenters. The Hall–Kier alpha value is -1.48. The highest BCUT2D eigenvalue weighted by atomic mass is 127. The van der Waals surface area contributed by atoms with Gasteiger partial charge in [-0.05, 0) is 55.3 Å². The zero-order chi connectivity index (χ0) is 18.8. The Balaban J connectivity index is 0.00000364. The van der Waals surface area contributed by atoms with Crippen molar-refractivity contribution >= 4 is 41.3 Å². The number of phenolic OH excluding ortho intramolecular Hbond substituents is 1. The van der Waals surface area contributed by atoms with E-state index >= 15 is 0 Å². The number of halogens is 1. The second kappa shape index (κ2) is 12.8. The summed E-state index contributed by atoms with van der Waals surface area (Å²) in [7, 11) is 0. The van der Waals surface area contributed by atoms with Crippen molar-refractivity contribution in [2.45, 2.75) is 33.7 Å². The van der Waals surface area contributed by atoms with Crippen molar-refractivity contribution in [3.8, 4) is 11.5 Å². The van der Waals surface area contributed by atoms with Gasteiger partial charge in [-0.1, -0.05) is 19.1 Å². The standard InChI is InChI=1S/C20H29N3O2S.HI/c1-4-21-20(22-13-15(3)11-17-7-6-10-26-17)23-14-16-8-9-18(24)19(12-16)25-5-2;/h6-10,12,15,24H,4-5,11,13-14H2,1-3H3,(H2,21,22,23);1H. The van der Waals surface area contributed by atoms with Crippen LogP contribution in [0.1, 0.15) is 31.2 Å². The van der Waals surface area contributed by atoms with Crippen molar-refractivity contribution in [2.75, 3.05) is 19.7 Å². The van der Waals surface area contributed by atoms with Crippen LogP contribution in [0, 0.1) is 5.92 Å². The lowest BCUT2D eigenvalue weighted by Gasteiger charge is -2.15. The minimum Gasteiger partial charge on any atom is -0.504 e. The Labute approximate surface area is 183 Å². The zero-order valence-corrected chi connectivity index (χ0v) is 19.3. The first-order valence-corrected chi connectivity index (χ1v) is 9.99. The predicted molar refractivity (Wildman–Crippen MR) is 125 cm³/mol. The van der Waals surface area contributed by atoms with Crippen LogP contribution in [0.3, 0.4) is 0 Å². The molecule has 1 atom stereocenters. The maximum Gasteiger partial charge on any atom is 0.191 e. The van der Waals surface area contributed by atoms with Crippen molar-refractivity contribution in [1.82, 2.24) is 10.6 Å². The van der Waals surface area contributed by atoms with E-state index in [9.17, 15) is 5.11 Å². The molecule has 0 amide bonds. The number of rotatable bonds is 9. The second-order valence-electron chi connectivity index (χ2n) is 6.20. The number of benzene rings is 1. The lowest BCUT2D eigenvalue weighted by atomic mass is 10.1. The molecule has 0 bridgehead atoms. The topological polar surface area (TPSA) is 65.9 Å². The lowest BCUT2D eigenvalue weighted by Crippen LogP contribution is -2.39. The third-order valence-corrected chi connectivity index (χ3v) is 4.73. The molecule has 7 heteroatoms. The average molecular weight is 503 g/mol. The van der Waals surface area contributed by atoms with Crippen molar-refractivity contribution in [3.63, 3.8) is 0 Å². The molecule has 0 spiro atoms. The fourth-order valence-corrected chi connectivity index (χ4v) is 3.43. The number of nitrogens with one attached hydrogen (secondary N) is 2. The molecule has 0 radical (unpaired) electrons. The number of ether oxygens (including phenoxy) is 1. The van der Waals surface area contributed by atoms with E-state index in [2.05, 4.69) is 47.0 Å². The number of phenols is 1. The van der Waals surface area contributed by atoms with E-state index in [0.717, 1.165) is 31.0 Å². The van der Waals surface area contributed by atoms with Crippen LogP contribution < -0.4 is 15.4 Å². The molecule has 1 heterocycles. The van der Waals surface area contributed by atoms with Crippen LogP contribution in [-0.4, -0.2) is 30.8 Å². The molecule has 0 aliphatic heterocycles. The molecule has 2 rings (SSSR count). The quantitative estimate of drug-likeness (QED) is 0.270. The largest absolute Gasteiger partial charge is 0.504 e. The summed E-state index contributed by atoms with van der Waals surface area (Å²) in [6, 6.07) is 9.63. The SMILES string of the molecule is CCNC(=NCc1ccc(O)c(OCC)c1)NCC(C)Cc1cccs1.I. The molecule has 150 valence electrons. The fraction of sp³-hybridized carbons (Fsp3) is 0.450. The molecule has 2 aromatic rings. The Bertz CT molecular complexity index is 693. The number of guanidine groups is 1. The monoisotopic (exact) mass is 503 g/mol. The molecule has 0 saturated heterocycles. The molecule has 5 nitrogen and oxygen atoms in total. The van der Waals surface area contributed by atoms with Gasteiger partial charge in [0.05, 0.1) is 13.2 Å². The van der Waals surface area contributed by atoms with Gasteiger partial charge in [-0.15, -0.1) is 35.3 Å². The lowest BCUT2D eigenvalue weighted by molar-refractivity contribution is 0.318. The van der Waals surface area contributed by atoms with Crippen LogP contribution >= 0.6 is 35.3 Å². The zero-order valence-electron chi connectivity index (χ0n) is 16.2. The van der Waals surface area contributed by atoms with E-state index in [1.54, 1.807) is 17.4 Å². The predicted octanol–water partition coefficient (Wildman–Crippen LogP) is 4.40. The fourth-order valence-electron chi connectivity index (χ4n) is 2.56. The smallest absolute Gasteiger partial charge is 0.191 e. The van der Waals surface area contributed by atoms with Gasteiger partial charge in [0.15, 0.2) is 17.5 Å². The van der Waals surface area contributed by atoms with E-state index in [1.165, 1.54) is 4.88 Å². The Morgan fingerprint density at radius 3 is 2.74 bits per heavy atom. The van der Waals surface area contributed by atoms with Crippen LogP contribution in [0.15, 0.2) is 40.7 Å². The summed E-state index contributed by atoms with van der Waals surface area (Å²) in [5.74, 6) is 1.99. The van der Waals surface area contributed by atoms with Gasteiger partial charge in [-0.2, -0.15) is 0 Å². The van der Waals surface area contributed by atoms with Crippen LogP contribution in [0.25, 0.3) is 0 Å². The van der Waals surface area contributed by atoms with Crippen molar-refractivity contribution < 1.29 is 9.84 Å². The molecule has 3 N–H and O–H groups in total. The first-order chi connectivity index (χ1) is 12.6. The molecule has 27 heavy (non-hydrogen) atoms. The molecular formula is C20H30IN3O2S. The third-order valence-electron chi connectivity index (χ3n) is 3.84. The first-order valence-electron chi connectivity index (χ1n) is 9.11. The Morgan fingerprint density at radius 1 is 1.26 bits per heavy atom. The molecule has 0 saturated carbocycles. The molecule has 1 aromatic carbocycles. The number of hydrogen-bond donors (Lipinski definition) is 3. The van der Waals surface area contributed by atoms with Gasteiger partial charge in [0.25, 0.3) is 0 Å².